The lowest BCUT2D eigenvalue weighted by Crippen LogP contribution is -2.06. The molecule has 0 spiro atoms. The van der Waals surface area contributed by atoms with E-state index in [0.717, 1.165) is 44.3 Å². The molecule has 1 aliphatic heterocycles. The van der Waals surface area contributed by atoms with Crippen LogP contribution in [0.2, 0.25) is 0 Å². The molecule has 3 aromatic heterocycles. The van der Waals surface area contributed by atoms with E-state index >= 15 is 0 Å². The second-order valence-corrected chi connectivity index (χ2v) is 17.9. The molecule has 4 heterocycles. The molecule has 24 heteroatoms. The van der Waals surface area contributed by atoms with E-state index in [0.29, 0.717) is 74.7 Å². The Balaban J connectivity index is 0.000000129. The second-order valence-electron chi connectivity index (χ2n) is 17.9. The van der Waals surface area contributed by atoms with Crippen molar-refractivity contribution in [1.82, 2.24) is 39.9 Å². The van der Waals surface area contributed by atoms with Crippen LogP contribution >= 0.6 is 0 Å². The molecular weight excluding hydrogens is 1100 g/mol. The van der Waals surface area contributed by atoms with Gasteiger partial charge in [-0.1, -0.05) is 156 Å². The summed E-state index contributed by atoms with van der Waals surface area (Å²) in [5.74, 6) is 0. The van der Waals surface area contributed by atoms with Crippen molar-refractivity contribution in [3.63, 3.8) is 0 Å². The standard InChI is InChI=1S/C20H11N5O.C16H9N5O.C14H7N5O.C13H5N5O/c21-10-16-17(11-22)24-20-18(23-16)14-8-4-5-9-15(14)19(20)25-26-12-13-6-2-1-3-7-13;1-2-7-22-21-15-11-6-4-3-5-10(11)14-16(15)20-13(9-18)12(8-17)19-14;1-20-19-13-9-5-3-2-4-8(9)12-14(13)18-11(7-16)10(6-15)17-12;14-5-9-10(6-15)17-13-11(16-9)7-3-1-2-4-8(7)12(13)18-19/h1-9H,12H2;2-6H,1,7H2;2-5H,1H3;1-4,17H. The van der Waals surface area contributed by atoms with E-state index in [1.807, 2.05) is 158 Å². The fourth-order valence-electron chi connectivity index (χ4n) is 9.29. The molecule has 0 unspecified atom stereocenters. The molecule has 0 saturated heterocycles. The van der Waals surface area contributed by atoms with Gasteiger partial charge >= 0.3 is 0 Å². The van der Waals surface area contributed by atoms with Gasteiger partial charge in [0.05, 0.1) is 11.4 Å². The SMILES string of the molecule is C=CCON=C1c2ccccc2-c2nc(C#N)c(C#N)nc21.CON=C1c2ccccc2-c2nc(C#N)c(C#N)nc21.N#Cc1nc2c(nc1C#N)-c1ccccc1C2=NOCc1ccccc1.N#Cc1nc2c3ccccc3c(N=O)c-2[nH]c1C#N. The van der Waals surface area contributed by atoms with E-state index in [9.17, 15) is 15.4 Å². The highest BCUT2D eigenvalue weighted by Gasteiger charge is 2.33. The highest BCUT2D eigenvalue weighted by atomic mass is 16.6. The number of nitrogens with zero attached hydrogens (tertiary/aromatic N) is 19. The molecule has 87 heavy (non-hydrogen) atoms. The van der Waals surface area contributed by atoms with Gasteiger partial charge in [0.15, 0.2) is 45.6 Å². The molecule has 4 aliphatic carbocycles. The quantitative estimate of drug-likeness (QED) is 0.0639. The summed E-state index contributed by atoms with van der Waals surface area (Å²) in [6, 6.07) is 54.4. The molecular formula is C63H32N20O4. The van der Waals surface area contributed by atoms with Crippen molar-refractivity contribution in [2.75, 3.05) is 13.7 Å². The van der Waals surface area contributed by atoms with E-state index in [-0.39, 0.29) is 57.8 Å². The molecule has 0 bridgehead atoms. The number of H-pyrrole nitrogens is 1. The Morgan fingerprint density at radius 3 is 1.21 bits per heavy atom. The topological polar surface area (TPSA) is 391 Å². The van der Waals surface area contributed by atoms with E-state index in [1.54, 1.807) is 24.3 Å². The minimum Gasteiger partial charge on any atom is -0.399 e. The maximum Gasteiger partial charge on any atom is 0.177 e. The normalized spacial score (nSPS) is 12.4. The summed E-state index contributed by atoms with van der Waals surface area (Å²) in [7, 11) is 1.44. The molecule has 5 aromatic carbocycles. The summed E-state index contributed by atoms with van der Waals surface area (Å²) in [6.45, 7) is 4.14. The Bertz CT molecular complexity index is 4920. The molecule has 8 aromatic rings. The first-order valence-corrected chi connectivity index (χ1v) is 25.4. The summed E-state index contributed by atoms with van der Waals surface area (Å²) >= 11 is 0. The van der Waals surface area contributed by atoms with Crippen LogP contribution in [0.3, 0.4) is 0 Å². The number of benzene rings is 5. The fourth-order valence-corrected chi connectivity index (χ4v) is 9.29. The molecule has 0 saturated carbocycles. The summed E-state index contributed by atoms with van der Waals surface area (Å²) in [6.07, 6.45) is 1.58. The van der Waals surface area contributed by atoms with Crippen LogP contribution in [0.5, 0.6) is 0 Å². The summed E-state index contributed by atoms with van der Waals surface area (Å²) in [5.41, 5.74) is 11.5. The Morgan fingerprint density at radius 2 is 0.805 bits per heavy atom. The predicted molar refractivity (Wildman–Crippen MR) is 310 cm³/mol. The Hall–Kier alpha value is -14.0. The number of aromatic nitrogens is 8. The molecule has 0 fully saturated rings. The number of aromatic amines is 1. The van der Waals surface area contributed by atoms with Gasteiger partial charge in [0.1, 0.15) is 126 Å². The van der Waals surface area contributed by atoms with Crippen LogP contribution in [-0.2, 0) is 21.1 Å². The van der Waals surface area contributed by atoms with E-state index in [2.05, 4.69) is 67.1 Å². The molecule has 0 amide bonds. The third-order valence-electron chi connectivity index (χ3n) is 13.0. The molecule has 408 valence electrons. The van der Waals surface area contributed by atoms with Crippen LogP contribution in [0, 0.1) is 95.6 Å². The van der Waals surface area contributed by atoms with Crippen LogP contribution < -0.4 is 0 Å². The lowest BCUT2D eigenvalue weighted by Gasteiger charge is -2.03. The average Bonchev–Trinajstić information content (AvgIpc) is 2.40. The third-order valence-corrected chi connectivity index (χ3v) is 13.0. The third kappa shape index (κ3) is 10.6. The van der Waals surface area contributed by atoms with Crippen molar-refractivity contribution >= 4 is 33.6 Å². The lowest BCUT2D eigenvalue weighted by atomic mass is 10.1. The van der Waals surface area contributed by atoms with Crippen molar-refractivity contribution in [3.8, 4) is 93.7 Å². The van der Waals surface area contributed by atoms with Crippen LogP contribution in [0.4, 0.5) is 5.69 Å². The highest BCUT2D eigenvalue weighted by molar-refractivity contribution is 6.24. The first-order valence-electron chi connectivity index (χ1n) is 25.4. The number of nitrogens with one attached hydrogen (secondary N) is 1. The number of hydrogen-bond donors (Lipinski definition) is 1. The van der Waals surface area contributed by atoms with Crippen molar-refractivity contribution in [3.05, 3.63) is 230 Å². The monoisotopic (exact) mass is 1130 g/mol. The van der Waals surface area contributed by atoms with Crippen molar-refractivity contribution in [2.24, 2.45) is 20.6 Å². The van der Waals surface area contributed by atoms with Crippen molar-refractivity contribution in [1.29, 1.82) is 42.1 Å². The van der Waals surface area contributed by atoms with Crippen LogP contribution in [0.1, 0.15) is 84.9 Å². The van der Waals surface area contributed by atoms with E-state index in [1.165, 1.54) is 7.11 Å². The zero-order valence-electron chi connectivity index (χ0n) is 45.0. The van der Waals surface area contributed by atoms with Crippen LogP contribution in [-0.4, -0.2) is 70.7 Å². The smallest absolute Gasteiger partial charge is 0.177 e. The molecule has 13 rings (SSSR count). The Morgan fingerprint density at radius 1 is 0.437 bits per heavy atom. The largest absolute Gasteiger partial charge is 0.399 e. The average molecular weight is 1130 g/mol. The number of nitriles is 8. The number of rotatable bonds is 8. The minimum absolute atomic E-state index is 0.00296. The van der Waals surface area contributed by atoms with Gasteiger partial charge in [-0.2, -0.15) is 42.1 Å². The van der Waals surface area contributed by atoms with Gasteiger partial charge in [0.2, 0.25) is 0 Å². The van der Waals surface area contributed by atoms with Gasteiger partial charge in [0.25, 0.3) is 0 Å². The lowest BCUT2D eigenvalue weighted by molar-refractivity contribution is 0.131. The summed E-state index contributed by atoms with van der Waals surface area (Å²) in [4.78, 5) is 59.0. The Labute approximate surface area is 492 Å². The van der Waals surface area contributed by atoms with Gasteiger partial charge in [-0.05, 0) is 10.7 Å². The number of fused-ring (bicyclic) bond motifs is 12. The first-order chi connectivity index (χ1) is 42.7. The molecule has 0 radical (unpaired) electrons. The fraction of sp³-hybridized carbons (Fsp3) is 0.0476. The number of nitroso groups, excluding NO2 is 1. The second kappa shape index (κ2) is 25.2. The zero-order valence-corrected chi connectivity index (χ0v) is 45.0. The highest BCUT2D eigenvalue weighted by Crippen LogP contribution is 2.43. The van der Waals surface area contributed by atoms with Crippen molar-refractivity contribution in [2.45, 2.75) is 6.61 Å². The molecule has 1 N–H and O–H groups in total. The molecule has 0 atom stereocenters. The predicted octanol–water partition coefficient (Wildman–Crippen LogP) is 9.73. The van der Waals surface area contributed by atoms with Gasteiger partial charge in [-0.15, -0.1) is 4.91 Å². The summed E-state index contributed by atoms with van der Waals surface area (Å²) in [5, 5.41) is 89.3. The minimum atomic E-state index is -0.0227. The van der Waals surface area contributed by atoms with Crippen LogP contribution in [0.15, 0.2) is 161 Å². The van der Waals surface area contributed by atoms with Crippen molar-refractivity contribution < 1.29 is 14.5 Å². The Kier molecular flexibility index (Phi) is 16.3. The van der Waals surface area contributed by atoms with E-state index in [4.69, 9.17) is 46.1 Å². The van der Waals surface area contributed by atoms with Crippen LogP contribution in [0.25, 0.3) is 55.9 Å². The van der Waals surface area contributed by atoms with E-state index < -0.39 is 0 Å². The maximum absolute atomic E-state index is 11.0. The van der Waals surface area contributed by atoms with Gasteiger partial charge < -0.3 is 19.5 Å². The molecule has 5 aliphatic rings. The van der Waals surface area contributed by atoms with Gasteiger partial charge in [-0.25, -0.2) is 34.9 Å². The number of oxime groups is 3. The van der Waals surface area contributed by atoms with Gasteiger partial charge in [0, 0.05) is 44.2 Å². The maximum atomic E-state index is 11.0. The molecule has 24 nitrogen and oxygen atoms in total. The number of hydrogen-bond acceptors (Lipinski definition) is 23. The summed E-state index contributed by atoms with van der Waals surface area (Å²) < 4.78 is 0. The first kappa shape index (κ1) is 56.2. The zero-order chi connectivity index (χ0) is 61.0. The van der Waals surface area contributed by atoms with Gasteiger partial charge in [-0.3, -0.25) is 0 Å².